The second-order valence-electron chi connectivity index (χ2n) is 5.90. The Balaban J connectivity index is 1.88. The molecule has 0 spiro atoms. The van der Waals surface area contributed by atoms with Gasteiger partial charge >= 0.3 is 0 Å². The predicted octanol–water partition coefficient (Wildman–Crippen LogP) is 7.51. The lowest BCUT2D eigenvalue weighted by molar-refractivity contribution is 1.37. The van der Waals surface area contributed by atoms with E-state index in [0.29, 0.717) is 0 Å². The number of benzene rings is 3. The molecule has 0 radical (unpaired) electrons. The molecule has 3 aromatic rings. The van der Waals surface area contributed by atoms with Crippen molar-refractivity contribution in [3.63, 3.8) is 0 Å². The van der Waals surface area contributed by atoms with Crippen LogP contribution in [0.5, 0.6) is 0 Å². The summed E-state index contributed by atoms with van der Waals surface area (Å²) >= 11 is 3.43. The molecule has 0 fully saturated rings. The predicted molar refractivity (Wildman–Crippen MR) is 117 cm³/mol. The molecule has 0 amide bonds. The number of aryl methyl sites for hydroxylation is 1. The van der Waals surface area contributed by atoms with Crippen molar-refractivity contribution in [3.8, 4) is 0 Å². The molecule has 1 nitrogen and oxygen atoms in total. The molecular weight excluding hydrogens is 354 g/mol. The van der Waals surface area contributed by atoms with Crippen molar-refractivity contribution in [2.24, 2.45) is 4.99 Å². The summed E-state index contributed by atoms with van der Waals surface area (Å²) in [7, 11) is 0. The van der Waals surface area contributed by atoms with Gasteiger partial charge in [-0.2, -0.15) is 0 Å². The van der Waals surface area contributed by atoms with E-state index in [0.717, 1.165) is 16.3 Å². The Kier molecular flexibility index (Phi) is 6.75. The molecule has 0 N–H and O–H groups in total. The number of para-hydroxylation sites is 1. The highest BCUT2D eigenvalue weighted by atomic mass is 32.2. The Morgan fingerprint density at radius 3 is 2.15 bits per heavy atom. The third kappa shape index (κ3) is 5.65. The summed E-state index contributed by atoms with van der Waals surface area (Å²) in [6, 6.07) is 29.1. The highest BCUT2D eigenvalue weighted by molar-refractivity contribution is 8.14. The molecule has 0 unspecified atom stereocenters. The maximum absolute atomic E-state index is 4.89. The quantitative estimate of drug-likeness (QED) is 0.260. The zero-order valence-corrected chi connectivity index (χ0v) is 16.6. The number of nitrogens with zero attached hydrogens (tertiary/aromatic N) is 1. The van der Waals surface area contributed by atoms with Crippen LogP contribution in [0.4, 0.5) is 5.69 Å². The fourth-order valence-corrected chi connectivity index (χ4v) is 4.11. The van der Waals surface area contributed by atoms with Gasteiger partial charge < -0.3 is 0 Å². The normalized spacial score (nSPS) is 12.2. The number of hydrogen-bond donors (Lipinski definition) is 0. The molecule has 3 rings (SSSR count). The summed E-state index contributed by atoms with van der Waals surface area (Å²) in [4.78, 5) is 7.33. The fraction of sp³-hybridized carbons (Fsp3) is 0.0870. The van der Waals surface area contributed by atoms with E-state index < -0.39 is 0 Å². The minimum Gasteiger partial charge on any atom is -0.241 e. The largest absolute Gasteiger partial charge is 0.241 e. The average molecular weight is 376 g/mol. The molecule has 130 valence electrons. The van der Waals surface area contributed by atoms with E-state index in [2.05, 4.69) is 67.8 Å². The van der Waals surface area contributed by atoms with Gasteiger partial charge in [-0.15, -0.1) is 0 Å². The van der Waals surface area contributed by atoms with Crippen LogP contribution in [-0.2, 0) is 0 Å². The first-order chi connectivity index (χ1) is 12.7. The van der Waals surface area contributed by atoms with Crippen LogP contribution in [0.15, 0.2) is 111 Å². The van der Waals surface area contributed by atoms with Crippen LogP contribution in [0, 0.1) is 6.92 Å². The molecule has 0 aliphatic rings. The van der Waals surface area contributed by atoms with E-state index in [-0.39, 0.29) is 0 Å². The molecule has 0 saturated carbocycles. The number of hydrogen-bond acceptors (Lipinski definition) is 3. The second kappa shape index (κ2) is 9.46. The fourth-order valence-electron chi connectivity index (χ4n) is 2.31. The lowest BCUT2D eigenvalue weighted by Gasteiger charge is -2.08. The first kappa shape index (κ1) is 18.6. The first-order valence-corrected chi connectivity index (χ1v) is 10.2. The van der Waals surface area contributed by atoms with Gasteiger partial charge in [-0.05, 0) is 61.2 Å². The van der Waals surface area contributed by atoms with Crippen molar-refractivity contribution in [3.05, 3.63) is 101 Å². The molecule has 0 aliphatic heterocycles. The summed E-state index contributed by atoms with van der Waals surface area (Å²) in [6.45, 7) is 4.24. The van der Waals surface area contributed by atoms with Crippen molar-refractivity contribution >= 4 is 34.3 Å². The van der Waals surface area contributed by atoms with E-state index in [1.807, 2.05) is 36.4 Å². The van der Waals surface area contributed by atoms with Crippen LogP contribution in [0.25, 0.3) is 0 Å². The maximum atomic E-state index is 4.89. The Hall–Kier alpha value is -2.23. The first-order valence-electron chi connectivity index (χ1n) is 8.48. The molecule has 0 bridgehead atoms. The van der Waals surface area contributed by atoms with E-state index in [1.165, 1.54) is 15.4 Å². The average Bonchev–Trinajstić information content (AvgIpc) is 2.67. The van der Waals surface area contributed by atoms with Crippen molar-refractivity contribution in [1.82, 2.24) is 0 Å². The lowest BCUT2D eigenvalue weighted by atomic mass is 10.2. The van der Waals surface area contributed by atoms with Gasteiger partial charge in [-0.3, -0.25) is 0 Å². The van der Waals surface area contributed by atoms with Gasteiger partial charge in [-0.1, -0.05) is 77.6 Å². The highest BCUT2D eigenvalue weighted by Gasteiger charge is 2.07. The van der Waals surface area contributed by atoms with Crippen LogP contribution in [0.1, 0.15) is 12.5 Å². The molecular formula is C23H21NS2. The minimum absolute atomic E-state index is 0.972. The van der Waals surface area contributed by atoms with E-state index in [4.69, 9.17) is 4.99 Å². The maximum Gasteiger partial charge on any atom is 0.105 e. The number of thioether (sulfide) groups is 2. The van der Waals surface area contributed by atoms with Gasteiger partial charge in [0, 0.05) is 9.79 Å². The standard InChI is InChI=1S/C23H21NS2/c1-18-10-9-15-22(16-18)26-23(24-20-11-5-3-6-12-20)19(2)17-25-21-13-7-4-8-14-21/h3-17H,1-2H3/b19-17+,24-23-. The van der Waals surface area contributed by atoms with E-state index in [9.17, 15) is 0 Å². The highest BCUT2D eigenvalue weighted by Crippen LogP contribution is 2.29. The number of rotatable bonds is 5. The van der Waals surface area contributed by atoms with Crippen LogP contribution >= 0.6 is 23.5 Å². The van der Waals surface area contributed by atoms with Gasteiger partial charge in [0.25, 0.3) is 0 Å². The Morgan fingerprint density at radius 2 is 1.46 bits per heavy atom. The SMILES string of the molecule is CC(=C\Sc1ccccc1)/C(=N/c1ccccc1)Sc1cccc(C)c1. The van der Waals surface area contributed by atoms with Gasteiger partial charge in [0.1, 0.15) is 5.04 Å². The third-order valence-electron chi connectivity index (χ3n) is 3.64. The number of aliphatic imine (C=N–C) groups is 1. The minimum atomic E-state index is 0.972. The second-order valence-corrected chi connectivity index (χ2v) is 7.91. The van der Waals surface area contributed by atoms with Gasteiger partial charge in [0.15, 0.2) is 0 Å². The Morgan fingerprint density at radius 1 is 0.808 bits per heavy atom. The van der Waals surface area contributed by atoms with Gasteiger partial charge in [-0.25, -0.2) is 4.99 Å². The molecule has 26 heavy (non-hydrogen) atoms. The van der Waals surface area contributed by atoms with Crippen molar-refractivity contribution in [2.45, 2.75) is 23.6 Å². The molecule has 0 atom stereocenters. The Bertz CT molecular complexity index is 900. The van der Waals surface area contributed by atoms with Crippen LogP contribution < -0.4 is 0 Å². The topological polar surface area (TPSA) is 12.4 Å². The third-order valence-corrected chi connectivity index (χ3v) is 5.76. The zero-order valence-electron chi connectivity index (χ0n) is 14.9. The van der Waals surface area contributed by atoms with Crippen molar-refractivity contribution < 1.29 is 0 Å². The monoisotopic (exact) mass is 375 g/mol. The van der Waals surface area contributed by atoms with Crippen LogP contribution in [0.3, 0.4) is 0 Å². The van der Waals surface area contributed by atoms with Gasteiger partial charge in [0.2, 0.25) is 0 Å². The van der Waals surface area contributed by atoms with E-state index in [1.54, 1.807) is 23.5 Å². The molecule has 0 heterocycles. The summed E-state index contributed by atoms with van der Waals surface area (Å²) < 4.78 is 0. The molecule has 0 aromatic heterocycles. The van der Waals surface area contributed by atoms with E-state index >= 15 is 0 Å². The van der Waals surface area contributed by atoms with Crippen molar-refractivity contribution in [2.75, 3.05) is 0 Å². The molecule has 0 aliphatic carbocycles. The zero-order chi connectivity index (χ0) is 18.2. The molecule has 0 saturated heterocycles. The van der Waals surface area contributed by atoms with Crippen molar-refractivity contribution in [1.29, 1.82) is 0 Å². The molecule has 3 aromatic carbocycles. The summed E-state index contributed by atoms with van der Waals surface area (Å²) in [6.07, 6.45) is 0. The molecule has 3 heteroatoms. The van der Waals surface area contributed by atoms with Crippen LogP contribution in [0.2, 0.25) is 0 Å². The summed E-state index contributed by atoms with van der Waals surface area (Å²) in [5.74, 6) is 0. The Labute approximate surface area is 164 Å². The van der Waals surface area contributed by atoms with Gasteiger partial charge in [0.05, 0.1) is 5.69 Å². The van der Waals surface area contributed by atoms with Crippen LogP contribution in [-0.4, -0.2) is 5.04 Å². The lowest BCUT2D eigenvalue weighted by Crippen LogP contribution is -1.94. The summed E-state index contributed by atoms with van der Waals surface area (Å²) in [5.41, 5.74) is 3.39. The summed E-state index contributed by atoms with van der Waals surface area (Å²) in [5, 5.41) is 3.20. The smallest absolute Gasteiger partial charge is 0.105 e.